The molecule has 1 spiro atoms. The lowest BCUT2D eigenvalue weighted by molar-refractivity contribution is 0.176. The maximum Gasteiger partial charge on any atom is 0.245 e. The molecule has 3 heterocycles. The predicted molar refractivity (Wildman–Crippen MR) is 110 cm³/mol. The van der Waals surface area contributed by atoms with Crippen molar-refractivity contribution in [1.82, 2.24) is 24.9 Å². The monoisotopic (exact) mass is 420 g/mol. The molecule has 2 aromatic heterocycles. The summed E-state index contributed by atoms with van der Waals surface area (Å²) in [7, 11) is -1.15. The Labute approximate surface area is 172 Å². The van der Waals surface area contributed by atoms with Crippen molar-refractivity contribution in [3.05, 3.63) is 40.9 Å². The lowest BCUT2D eigenvalue weighted by atomic mass is 9.73. The van der Waals surface area contributed by atoms with Crippen molar-refractivity contribution in [3.8, 4) is 0 Å². The van der Waals surface area contributed by atoms with Gasteiger partial charge in [0, 0.05) is 25.0 Å². The van der Waals surface area contributed by atoms with Gasteiger partial charge in [0.25, 0.3) is 0 Å². The van der Waals surface area contributed by atoms with Crippen LogP contribution >= 0.6 is 11.6 Å². The van der Waals surface area contributed by atoms with Gasteiger partial charge in [0.05, 0.1) is 28.0 Å². The molecule has 2 aromatic rings. The fraction of sp³-hybridized carbons (Fsp3) is 0.579. The van der Waals surface area contributed by atoms with Crippen LogP contribution < -0.4 is 9.62 Å². The zero-order valence-electron chi connectivity index (χ0n) is 16.4. The Hall–Kier alpha value is -1.64. The predicted octanol–water partition coefficient (Wildman–Crippen LogP) is 2.86. The number of fused-ring (bicyclic) bond motifs is 1. The van der Waals surface area contributed by atoms with E-state index in [4.69, 9.17) is 11.6 Å². The van der Waals surface area contributed by atoms with Crippen molar-refractivity contribution in [2.24, 2.45) is 5.41 Å². The van der Waals surface area contributed by atoms with Gasteiger partial charge in [-0.1, -0.05) is 17.7 Å². The van der Waals surface area contributed by atoms with E-state index in [1.165, 1.54) is 11.8 Å². The van der Waals surface area contributed by atoms with E-state index >= 15 is 0 Å². The summed E-state index contributed by atoms with van der Waals surface area (Å²) in [5.41, 5.74) is 2.29. The summed E-state index contributed by atoms with van der Waals surface area (Å²) in [6.45, 7) is 7.62. The Kier molecular flexibility index (Phi) is 5.14. The number of aromatic nitrogens is 4. The van der Waals surface area contributed by atoms with Crippen LogP contribution in [-0.4, -0.2) is 42.2 Å². The Morgan fingerprint density at radius 3 is 2.64 bits per heavy atom. The highest BCUT2D eigenvalue weighted by Gasteiger charge is 2.49. The maximum atomic E-state index is 12.9. The van der Waals surface area contributed by atoms with E-state index in [1.54, 1.807) is 0 Å². The van der Waals surface area contributed by atoms with Crippen molar-refractivity contribution in [3.63, 3.8) is 0 Å². The molecule has 1 saturated heterocycles. The normalized spacial score (nSPS) is 22.3. The zero-order chi connectivity index (χ0) is 19.9. The molecule has 0 bridgehead atoms. The molecule has 0 aromatic carbocycles. The fourth-order valence-corrected chi connectivity index (χ4v) is 5.15. The van der Waals surface area contributed by atoms with Crippen LogP contribution in [0.3, 0.4) is 0 Å². The lowest BCUT2D eigenvalue weighted by Gasteiger charge is -2.43. The SMILES string of the molecule is CC(C)(C)S(=O)N[C@@H]1c2cccnc2CC12CCN(c1ncc(Cl)nn1)CC2. The Balaban J connectivity index is 1.57. The Bertz CT molecular complexity index is 877. The number of halogens is 1. The smallest absolute Gasteiger partial charge is 0.245 e. The van der Waals surface area contributed by atoms with Crippen molar-refractivity contribution in [2.75, 3.05) is 18.0 Å². The third-order valence-corrected chi connectivity index (χ3v) is 7.45. The van der Waals surface area contributed by atoms with Crippen LogP contribution in [0.25, 0.3) is 0 Å². The standard InChI is InChI=1S/C19H25ClN6OS/c1-18(2,3)28(27)25-16-13-5-4-8-21-14(13)11-19(16)6-9-26(10-7-19)17-22-12-15(20)23-24-17/h4-5,8,12,16,25H,6-7,9-11H2,1-3H3/t16-,28?/m1/s1. The topological polar surface area (TPSA) is 83.9 Å². The number of pyridine rings is 1. The minimum absolute atomic E-state index is 0.00600. The first-order chi connectivity index (χ1) is 13.3. The highest BCUT2D eigenvalue weighted by molar-refractivity contribution is 7.84. The number of nitrogens with zero attached hydrogens (tertiary/aromatic N) is 5. The van der Waals surface area contributed by atoms with Crippen molar-refractivity contribution < 1.29 is 4.21 Å². The molecule has 4 rings (SSSR count). The second-order valence-corrected chi connectivity index (χ2v) is 11.0. The summed E-state index contributed by atoms with van der Waals surface area (Å²) in [6, 6.07) is 4.12. The summed E-state index contributed by atoms with van der Waals surface area (Å²) in [6.07, 6.45) is 6.15. The molecule has 1 N–H and O–H groups in total. The van der Waals surface area contributed by atoms with E-state index in [-0.39, 0.29) is 16.2 Å². The van der Waals surface area contributed by atoms with Gasteiger partial charge in [-0.3, -0.25) is 4.98 Å². The van der Waals surface area contributed by atoms with Crippen LogP contribution in [0.2, 0.25) is 5.15 Å². The van der Waals surface area contributed by atoms with Crippen LogP contribution in [0.4, 0.5) is 5.95 Å². The summed E-state index contributed by atoms with van der Waals surface area (Å²) in [4.78, 5) is 11.1. The molecule has 2 aliphatic rings. The largest absolute Gasteiger partial charge is 0.339 e. The van der Waals surface area contributed by atoms with Crippen molar-refractivity contribution >= 4 is 28.5 Å². The van der Waals surface area contributed by atoms with Gasteiger partial charge >= 0.3 is 0 Å². The molecule has 150 valence electrons. The van der Waals surface area contributed by atoms with Crippen LogP contribution in [0.5, 0.6) is 0 Å². The summed E-state index contributed by atoms with van der Waals surface area (Å²) >= 11 is 5.81. The minimum atomic E-state index is -1.15. The molecule has 1 aliphatic heterocycles. The minimum Gasteiger partial charge on any atom is -0.339 e. The van der Waals surface area contributed by atoms with Crippen molar-refractivity contribution in [2.45, 2.75) is 50.8 Å². The van der Waals surface area contributed by atoms with Gasteiger partial charge in [0.1, 0.15) is 0 Å². The van der Waals surface area contributed by atoms with E-state index in [0.29, 0.717) is 11.1 Å². The molecule has 1 fully saturated rings. The zero-order valence-corrected chi connectivity index (χ0v) is 17.9. The number of nitrogens with one attached hydrogen (secondary N) is 1. The van der Waals surface area contributed by atoms with E-state index in [0.717, 1.165) is 38.0 Å². The molecule has 0 radical (unpaired) electrons. The quantitative estimate of drug-likeness (QED) is 0.821. The summed E-state index contributed by atoms with van der Waals surface area (Å²) < 4.78 is 16.0. The number of hydrogen-bond acceptors (Lipinski definition) is 6. The molecule has 7 nitrogen and oxygen atoms in total. The maximum absolute atomic E-state index is 12.9. The molecular formula is C19H25ClN6OS. The Morgan fingerprint density at radius 1 is 1.25 bits per heavy atom. The molecule has 2 atom stereocenters. The third kappa shape index (κ3) is 3.65. The van der Waals surface area contributed by atoms with Gasteiger partial charge in [-0.2, -0.15) is 0 Å². The van der Waals surface area contributed by atoms with Gasteiger partial charge in [-0.05, 0) is 57.1 Å². The van der Waals surface area contributed by atoms with Gasteiger partial charge in [0.15, 0.2) is 5.15 Å². The van der Waals surface area contributed by atoms with E-state index in [1.807, 2.05) is 33.0 Å². The summed E-state index contributed by atoms with van der Waals surface area (Å²) in [5.74, 6) is 0.607. The number of hydrogen-bond donors (Lipinski definition) is 1. The molecule has 28 heavy (non-hydrogen) atoms. The second-order valence-electron chi connectivity index (χ2n) is 8.58. The summed E-state index contributed by atoms with van der Waals surface area (Å²) in [5, 5.41) is 8.31. The van der Waals surface area contributed by atoms with Gasteiger partial charge in [0.2, 0.25) is 5.95 Å². The third-order valence-electron chi connectivity index (χ3n) is 5.71. The number of piperidine rings is 1. The number of rotatable bonds is 3. The average Bonchev–Trinajstić information content (AvgIpc) is 2.95. The highest BCUT2D eigenvalue weighted by atomic mass is 35.5. The van der Waals surface area contributed by atoms with Crippen molar-refractivity contribution in [1.29, 1.82) is 0 Å². The molecule has 1 aliphatic carbocycles. The molecule has 9 heteroatoms. The highest BCUT2D eigenvalue weighted by Crippen LogP contribution is 2.51. The van der Waals surface area contributed by atoms with Crippen LogP contribution in [0.15, 0.2) is 24.5 Å². The number of anilines is 1. The fourth-order valence-electron chi connectivity index (χ4n) is 4.12. The molecular weight excluding hydrogens is 396 g/mol. The molecule has 1 unspecified atom stereocenters. The van der Waals surface area contributed by atoms with Crippen LogP contribution in [-0.2, 0) is 17.4 Å². The van der Waals surface area contributed by atoms with Gasteiger partial charge in [-0.25, -0.2) is 13.9 Å². The average molecular weight is 421 g/mol. The van der Waals surface area contributed by atoms with E-state index in [2.05, 4.69) is 35.9 Å². The van der Waals surface area contributed by atoms with Crippen LogP contribution in [0, 0.1) is 5.41 Å². The molecule has 0 saturated carbocycles. The first-order valence-electron chi connectivity index (χ1n) is 9.51. The molecule has 0 amide bonds. The first-order valence-corrected chi connectivity index (χ1v) is 11.0. The van der Waals surface area contributed by atoms with Gasteiger partial charge < -0.3 is 4.90 Å². The first kappa shape index (κ1) is 19.7. The lowest BCUT2D eigenvalue weighted by Crippen LogP contribution is -2.48. The van der Waals surface area contributed by atoms with E-state index < -0.39 is 11.0 Å². The van der Waals surface area contributed by atoms with Crippen LogP contribution in [0.1, 0.15) is 50.9 Å². The Morgan fingerprint density at radius 2 is 2.00 bits per heavy atom. The van der Waals surface area contributed by atoms with E-state index in [9.17, 15) is 4.21 Å². The van der Waals surface area contributed by atoms with Gasteiger partial charge in [-0.15, -0.1) is 10.2 Å². The second kappa shape index (κ2) is 7.31.